The molecule has 3 aromatic rings. The third kappa shape index (κ3) is 5.36. The molecule has 1 amide bonds. The number of ether oxygens (including phenoxy) is 1. The summed E-state index contributed by atoms with van der Waals surface area (Å²) in [5.41, 5.74) is 0.489. The van der Waals surface area contributed by atoms with Gasteiger partial charge in [-0.15, -0.1) is 0 Å². The standard InChI is InChI=1S/C21H16FN3O5S/c1-14(26)24-17-4-6-18(7-5-17)25(31(27,28)29)19-8-11-21(15(12-19)13-23)30-20-9-2-16(22)3-10-20/h2-12H,1H3,(H,24,26)(H,27,28,29). The minimum Gasteiger partial charge on any atom is -0.456 e. The van der Waals surface area contributed by atoms with Crippen LogP contribution >= 0.6 is 0 Å². The Morgan fingerprint density at radius 1 is 1.06 bits per heavy atom. The number of hydrogen-bond acceptors (Lipinski definition) is 5. The Kier molecular flexibility index (Phi) is 6.20. The van der Waals surface area contributed by atoms with Gasteiger partial charge in [-0.1, -0.05) is 0 Å². The molecule has 0 saturated heterocycles. The molecule has 0 spiro atoms. The zero-order valence-electron chi connectivity index (χ0n) is 16.1. The highest BCUT2D eigenvalue weighted by Crippen LogP contribution is 2.34. The van der Waals surface area contributed by atoms with Crippen LogP contribution in [-0.4, -0.2) is 18.9 Å². The van der Waals surface area contributed by atoms with Crippen LogP contribution in [0.1, 0.15) is 12.5 Å². The summed E-state index contributed by atoms with van der Waals surface area (Å²) in [4.78, 5) is 11.1. The highest BCUT2D eigenvalue weighted by Gasteiger charge is 2.23. The van der Waals surface area contributed by atoms with E-state index in [-0.39, 0.29) is 34.3 Å². The van der Waals surface area contributed by atoms with Crippen molar-refractivity contribution in [1.82, 2.24) is 0 Å². The third-order valence-electron chi connectivity index (χ3n) is 4.01. The van der Waals surface area contributed by atoms with E-state index in [4.69, 9.17) is 4.74 Å². The molecule has 2 N–H and O–H groups in total. The summed E-state index contributed by atoms with van der Waals surface area (Å²) in [5, 5.41) is 12.0. The highest BCUT2D eigenvalue weighted by atomic mass is 32.2. The number of benzene rings is 3. The van der Waals surface area contributed by atoms with Gasteiger partial charge < -0.3 is 10.1 Å². The van der Waals surface area contributed by atoms with Crippen LogP contribution in [0.5, 0.6) is 11.5 Å². The molecule has 10 heteroatoms. The van der Waals surface area contributed by atoms with Crippen molar-refractivity contribution >= 4 is 33.3 Å². The molecule has 0 bridgehead atoms. The number of anilines is 3. The lowest BCUT2D eigenvalue weighted by molar-refractivity contribution is -0.114. The molecule has 158 valence electrons. The van der Waals surface area contributed by atoms with E-state index in [1.54, 1.807) is 0 Å². The summed E-state index contributed by atoms with van der Waals surface area (Å²) in [6.45, 7) is 1.33. The number of halogens is 1. The van der Waals surface area contributed by atoms with Crippen molar-refractivity contribution in [3.05, 3.63) is 78.1 Å². The van der Waals surface area contributed by atoms with Crippen molar-refractivity contribution in [2.24, 2.45) is 0 Å². The fourth-order valence-electron chi connectivity index (χ4n) is 2.75. The second kappa shape index (κ2) is 8.83. The molecule has 0 aliphatic heterocycles. The number of carbonyl (C=O) groups excluding carboxylic acids is 1. The molecule has 0 aliphatic carbocycles. The summed E-state index contributed by atoms with van der Waals surface area (Å²) >= 11 is 0. The molecular formula is C21H16FN3O5S. The summed E-state index contributed by atoms with van der Waals surface area (Å²) < 4.78 is 53.2. The maximum absolute atomic E-state index is 13.1. The SMILES string of the molecule is CC(=O)Nc1ccc(N(c2ccc(Oc3ccc(F)cc3)c(C#N)c2)S(=O)(=O)O)cc1. The maximum atomic E-state index is 13.1. The summed E-state index contributed by atoms with van der Waals surface area (Å²) in [6.07, 6.45) is 0. The lowest BCUT2D eigenvalue weighted by atomic mass is 10.2. The van der Waals surface area contributed by atoms with E-state index in [1.807, 2.05) is 6.07 Å². The number of nitriles is 1. The molecule has 0 unspecified atom stereocenters. The van der Waals surface area contributed by atoms with E-state index >= 15 is 0 Å². The van der Waals surface area contributed by atoms with E-state index < -0.39 is 16.1 Å². The predicted molar refractivity (Wildman–Crippen MR) is 112 cm³/mol. The van der Waals surface area contributed by atoms with Crippen LogP contribution in [0.4, 0.5) is 21.5 Å². The summed E-state index contributed by atoms with van der Waals surface area (Å²) in [5.74, 6) is -0.341. The summed E-state index contributed by atoms with van der Waals surface area (Å²) in [6, 6.07) is 16.7. The molecule has 8 nitrogen and oxygen atoms in total. The van der Waals surface area contributed by atoms with Gasteiger partial charge in [0.05, 0.1) is 16.9 Å². The number of rotatable bonds is 6. The Labute approximate surface area is 178 Å². The zero-order chi connectivity index (χ0) is 22.6. The first kappa shape index (κ1) is 21.8. The fraction of sp³-hybridized carbons (Fsp3) is 0.0476. The van der Waals surface area contributed by atoms with Gasteiger partial charge in [0.15, 0.2) is 0 Å². The number of nitrogens with one attached hydrogen (secondary N) is 1. The van der Waals surface area contributed by atoms with Crippen molar-refractivity contribution < 1.29 is 26.9 Å². The van der Waals surface area contributed by atoms with Crippen molar-refractivity contribution in [2.45, 2.75) is 6.92 Å². The van der Waals surface area contributed by atoms with E-state index in [2.05, 4.69) is 5.32 Å². The second-order valence-electron chi connectivity index (χ2n) is 6.32. The van der Waals surface area contributed by atoms with Crippen molar-refractivity contribution in [2.75, 3.05) is 9.62 Å². The van der Waals surface area contributed by atoms with Crippen molar-refractivity contribution in [3.63, 3.8) is 0 Å². The lowest BCUT2D eigenvalue weighted by Crippen LogP contribution is -2.25. The van der Waals surface area contributed by atoms with E-state index in [0.717, 1.165) is 0 Å². The second-order valence-corrected chi connectivity index (χ2v) is 7.58. The van der Waals surface area contributed by atoms with Gasteiger partial charge in [0.1, 0.15) is 23.4 Å². The van der Waals surface area contributed by atoms with Gasteiger partial charge in [0.25, 0.3) is 0 Å². The zero-order valence-corrected chi connectivity index (χ0v) is 16.9. The van der Waals surface area contributed by atoms with E-state index in [0.29, 0.717) is 9.99 Å². The smallest absolute Gasteiger partial charge is 0.364 e. The van der Waals surface area contributed by atoms with Crippen LogP contribution in [0.3, 0.4) is 0 Å². The third-order valence-corrected chi connectivity index (χ3v) is 4.90. The Hall–Kier alpha value is -3.94. The first-order valence-electron chi connectivity index (χ1n) is 8.80. The number of carbonyl (C=O) groups is 1. The minimum absolute atomic E-state index is 0.00894. The Morgan fingerprint density at radius 2 is 1.68 bits per heavy atom. The van der Waals surface area contributed by atoms with Crippen LogP contribution in [0, 0.1) is 17.1 Å². The molecule has 0 heterocycles. The molecule has 0 aromatic heterocycles. The largest absolute Gasteiger partial charge is 0.456 e. The Bertz CT molecular complexity index is 1250. The molecule has 3 aromatic carbocycles. The fourth-order valence-corrected chi connectivity index (χ4v) is 3.52. The molecule has 31 heavy (non-hydrogen) atoms. The van der Waals surface area contributed by atoms with Crippen LogP contribution in [-0.2, 0) is 15.1 Å². The van der Waals surface area contributed by atoms with Gasteiger partial charge in [-0.3, -0.25) is 9.35 Å². The lowest BCUT2D eigenvalue weighted by Gasteiger charge is -2.22. The van der Waals surface area contributed by atoms with Crippen LogP contribution < -0.4 is 14.4 Å². The molecule has 0 saturated carbocycles. The van der Waals surface area contributed by atoms with Gasteiger partial charge in [-0.05, 0) is 66.7 Å². The van der Waals surface area contributed by atoms with Gasteiger partial charge in [-0.25, -0.2) is 8.70 Å². The number of nitrogens with zero attached hydrogens (tertiary/aromatic N) is 2. The van der Waals surface area contributed by atoms with E-state index in [9.17, 15) is 27.4 Å². The predicted octanol–water partition coefficient (Wildman–Crippen LogP) is 4.39. The van der Waals surface area contributed by atoms with Crippen molar-refractivity contribution in [1.29, 1.82) is 5.26 Å². The number of amides is 1. The average molecular weight is 441 g/mol. The van der Waals surface area contributed by atoms with Crippen LogP contribution in [0.2, 0.25) is 0 Å². The molecule has 3 rings (SSSR count). The number of hydrogen-bond donors (Lipinski definition) is 2. The summed E-state index contributed by atoms with van der Waals surface area (Å²) in [7, 11) is -4.75. The van der Waals surface area contributed by atoms with Crippen LogP contribution in [0.25, 0.3) is 0 Å². The molecule has 0 atom stereocenters. The van der Waals surface area contributed by atoms with Crippen molar-refractivity contribution in [3.8, 4) is 17.6 Å². The maximum Gasteiger partial charge on any atom is 0.364 e. The van der Waals surface area contributed by atoms with E-state index in [1.165, 1.54) is 73.7 Å². The topological polar surface area (TPSA) is 120 Å². The molecular weight excluding hydrogens is 425 g/mol. The van der Waals surface area contributed by atoms with Gasteiger partial charge in [0, 0.05) is 12.6 Å². The minimum atomic E-state index is -4.75. The molecule has 0 fully saturated rings. The average Bonchev–Trinajstić information content (AvgIpc) is 2.70. The van der Waals surface area contributed by atoms with Gasteiger partial charge in [-0.2, -0.15) is 13.7 Å². The first-order valence-corrected chi connectivity index (χ1v) is 10.2. The first-order chi connectivity index (χ1) is 14.7. The highest BCUT2D eigenvalue weighted by molar-refractivity contribution is 7.87. The molecule has 0 aliphatic rings. The Morgan fingerprint density at radius 3 is 2.23 bits per heavy atom. The van der Waals surface area contributed by atoms with Crippen LogP contribution in [0.15, 0.2) is 66.7 Å². The molecule has 0 radical (unpaired) electrons. The van der Waals surface area contributed by atoms with Gasteiger partial charge in [0.2, 0.25) is 5.91 Å². The normalized spacial score (nSPS) is 10.8. The van der Waals surface area contributed by atoms with Gasteiger partial charge >= 0.3 is 10.3 Å². The monoisotopic (exact) mass is 441 g/mol. The quantitative estimate of drug-likeness (QED) is 0.548. The Balaban J connectivity index is 1.98.